The van der Waals surface area contributed by atoms with Crippen LogP contribution in [0.5, 0.6) is 5.75 Å². The highest BCUT2D eigenvalue weighted by Crippen LogP contribution is 2.29. The number of anilines is 1. The van der Waals surface area contributed by atoms with Crippen molar-refractivity contribution < 1.29 is 9.53 Å². The van der Waals surface area contributed by atoms with Crippen LogP contribution >= 0.6 is 0 Å². The molecule has 2 aromatic rings. The van der Waals surface area contributed by atoms with Crippen molar-refractivity contribution in [2.75, 3.05) is 32.1 Å². The van der Waals surface area contributed by atoms with Crippen LogP contribution < -0.4 is 10.1 Å². The van der Waals surface area contributed by atoms with Crippen molar-refractivity contribution in [3.05, 3.63) is 60.2 Å². The lowest BCUT2D eigenvalue weighted by Gasteiger charge is -2.41. The van der Waals surface area contributed by atoms with Crippen molar-refractivity contribution in [1.29, 1.82) is 0 Å². The molecule has 0 saturated carbocycles. The van der Waals surface area contributed by atoms with Gasteiger partial charge in [0.15, 0.2) is 5.78 Å². The Morgan fingerprint density at radius 1 is 1.12 bits per heavy atom. The zero-order valence-electron chi connectivity index (χ0n) is 15.7. The predicted molar refractivity (Wildman–Crippen MR) is 106 cm³/mol. The molecule has 0 amide bonds. The first-order chi connectivity index (χ1) is 12.6. The maximum atomic E-state index is 12.5. The predicted octanol–water partition coefficient (Wildman–Crippen LogP) is 3.77. The molecule has 1 aliphatic heterocycles. The molecule has 0 atom stereocenters. The quantitative estimate of drug-likeness (QED) is 0.823. The SMILES string of the molecule is COc1cccc(NC2(C(C)=O)CCN(CCc3ccccc3)CC2)c1. The van der Waals surface area contributed by atoms with E-state index in [-0.39, 0.29) is 5.78 Å². The summed E-state index contributed by atoms with van der Waals surface area (Å²) >= 11 is 0. The van der Waals surface area contributed by atoms with Gasteiger partial charge in [-0.15, -0.1) is 0 Å². The molecule has 3 rings (SSSR count). The first-order valence-corrected chi connectivity index (χ1v) is 9.31. The number of piperidine rings is 1. The average molecular weight is 352 g/mol. The molecule has 0 bridgehead atoms. The molecule has 26 heavy (non-hydrogen) atoms. The van der Waals surface area contributed by atoms with Gasteiger partial charge >= 0.3 is 0 Å². The van der Waals surface area contributed by atoms with E-state index in [1.54, 1.807) is 14.0 Å². The van der Waals surface area contributed by atoms with Crippen molar-refractivity contribution in [2.24, 2.45) is 0 Å². The van der Waals surface area contributed by atoms with Gasteiger partial charge in [-0.05, 0) is 43.9 Å². The van der Waals surface area contributed by atoms with Crippen LogP contribution in [0.4, 0.5) is 5.69 Å². The summed E-state index contributed by atoms with van der Waals surface area (Å²) in [6.45, 7) is 4.61. The summed E-state index contributed by atoms with van der Waals surface area (Å²) in [5, 5.41) is 3.51. The van der Waals surface area contributed by atoms with Gasteiger partial charge in [-0.1, -0.05) is 36.4 Å². The Morgan fingerprint density at radius 2 is 1.85 bits per heavy atom. The zero-order valence-corrected chi connectivity index (χ0v) is 15.7. The fraction of sp³-hybridized carbons (Fsp3) is 0.409. The number of carbonyl (C=O) groups is 1. The van der Waals surface area contributed by atoms with E-state index in [9.17, 15) is 4.79 Å². The zero-order chi connectivity index (χ0) is 18.4. The van der Waals surface area contributed by atoms with Crippen molar-refractivity contribution >= 4 is 11.5 Å². The van der Waals surface area contributed by atoms with E-state index >= 15 is 0 Å². The summed E-state index contributed by atoms with van der Waals surface area (Å²) in [4.78, 5) is 14.9. The molecule has 1 aliphatic rings. The van der Waals surface area contributed by atoms with Gasteiger partial charge in [0.05, 0.1) is 12.6 Å². The third kappa shape index (κ3) is 4.44. The largest absolute Gasteiger partial charge is 0.497 e. The second-order valence-electron chi connectivity index (χ2n) is 7.07. The van der Waals surface area contributed by atoms with Gasteiger partial charge in [0.25, 0.3) is 0 Å². The fourth-order valence-electron chi connectivity index (χ4n) is 3.63. The van der Waals surface area contributed by atoms with Gasteiger partial charge in [-0.3, -0.25) is 4.79 Å². The van der Waals surface area contributed by atoms with E-state index in [0.29, 0.717) is 0 Å². The Kier molecular flexibility index (Phi) is 5.94. The lowest BCUT2D eigenvalue weighted by molar-refractivity contribution is -0.122. The van der Waals surface area contributed by atoms with Crippen LogP contribution in [0.25, 0.3) is 0 Å². The average Bonchev–Trinajstić information content (AvgIpc) is 2.68. The highest BCUT2D eigenvalue weighted by molar-refractivity contribution is 5.89. The third-order valence-corrected chi connectivity index (χ3v) is 5.40. The van der Waals surface area contributed by atoms with Crippen molar-refractivity contribution in [2.45, 2.75) is 31.7 Å². The van der Waals surface area contributed by atoms with Crippen LogP contribution in [-0.2, 0) is 11.2 Å². The van der Waals surface area contributed by atoms with E-state index in [4.69, 9.17) is 4.74 Å². The van der Waals surface area contributed by atoms with Gasteiger partial charge < -0.3 is 15.0 Å². The fourth-order valence-corrected chi connectivity index (χ4v) is 3.63. The molecule has 0 spiro atoms. The number of likely N-dealkylation sites (tertiary alicyclic amines) is 1. The first kappa shape index (κ1) is 18.5. The summed E-state index contributed by atoms with van der Waals surface area (Å²) in [6, 6.07) is 18.4. The van der Waals surface area contributed by atoms with Gasteiger partial charge in [-0.2, -0.15) is 0 Å². The van der Waals surface area contributed by atoms with Crippen LogP contribution in [0.3, 0.4) is 0 Å². The van der Waals surface area contributed by atoms with Gasteiger partial charge in [-0.25, -0.2) is 0 Å². The Bertz CT molecular complexity index is 722. The second-order valence-corrected chi connectivity index (χ2v) is 7.07. The Balaban J connectivity index is 1.60. The van der Waals surface area contributed by atoms with E-state index in [1.807, 2.05) is 24.3 Å². The van der Waals surface area contributed by atoms with E-state index < -0.39 is 5.54 Å². The summed E-state index contributed by atoms with van der Waals surface area (Å²) in [5.41, 5.74) is 1.83. The molecule has 0 unspecified atom stereocenters. The lowest BCUT2D eigenvalue weighted by Crippen LogP contribution is -2.53. The number of rotatable bonds is 7. The molecule has 138 valence electrons. The number of nitrogens with one attached hydrogen (secondary N) is 1. The molecule has 0 aliphatic carbocycles. The number of nitrogens with zero attached hydrogens (tertiary/aromatic N) is 1. The van der Waals surface area contributed by atoms with Gasteiger partial charge in [0.2, 0.25) is 0 Å². The minimum atomic E-state index is -0.477. The molecule has 4 nitrogen and oxygen atoms in total. The van der Waals surface area contributed by atoms with E-state index in [1.165, 1.54) is 5.56 Å². The standard InChI is InChI=1S/C22H28N2O2/c1-18(25)22(23-20-9-6-10-21(17-20)26-2)12-15-24(16-13-22)14-11-19-7-4-3-5-8-19/h3-10,17,23H,11-16H2,1-2H3. The molecular formula is C22H28N2O2. The van der Waals surface area contributed by atoms with Gasteiger partial charge in [0.1, 0.15) is 5.75 Å². The molecule has 4 heteroatoms. The van der Waals surface area contributed by atoms with Crippen LogP contribution in [0, 0.1) is 0 Å². The number of hydrogen-bond acceptors (Lipinski definition) is 4. The first-order valence-electron chi connectivity index (χ1n) is 9.31. The minimum absolute atomic E-state index is 0.211. The van der Waals surface area contributed by atoms with Crippen molar-refractivity contribution in [1.82, 2.24) is 4.90 Å². The van der Waals surface area contributed by atoms with Gasteiger partial charge in [0, 0.05) is 31.4 Å². The number of hydrogen-bond donors (Lipinski definition) is 1. The molecule has 1 N–H and O–H groups in total. The topological polar surface area (TPSA) is 41.6 Å². The molecule has 1 saturated heterocycles. The third-order valence-electron chi connectivity index (χ3n) is 5.40. The highest BCUT2D eigenvalue weighted by atomic mass is 16.5. The number of carbonyl (C=O) groups excluding carboxylic acids is 1. The Hall–Kier alpha value is -2.33. The smallest absolute Gasteiger partial charge is 0.155 e. The molecule has 1 heterocycles. The summed E-state index contributed by atoms with van der Waals surface area (Å²) < 4.78 is 5.30. The summed E-state index contributed by atoms with van der Waals surface area (Å²) in [6.07, 6.45) is 2.71. The summed E-state index contributed by atoms with van der Waals surface area (Å²) in [7, 11) is 1.66. The molecule has 1 fully saturated rings. The van der Waals surface area contributed by atoms with Crippen LogP contribution in [0.15, 0.2) is 54.6 Å². The number of methoxy groups -OCH3 is 1. The number of benzene rings is 2. The monoisotopic (exact) mass is 352 g/mol. The lowest BCUT2D eigenvalue weighted by atomic mass is 9.83. The molecular weight excluding hydrogens is 324 g/mol. The normalized spacial score (nSPS) is 16.8. The molecule has 0 radical (unpaired) electrons. The van der Waals surface area contributed by atoms with Crippen LogP contribution in [0.1, 0.15) is 25.3 Å². The Labute approximate surface area is 156 Å². The maximum Gasteiger partial charge on any atom is 0.155 e. The molecule has 2 aromatic carbocycles. The van der Waals surface area contributed by atoms with Crippen LogP contribution in [-0.4, -0.2) is 43.0 Å². The van der Waals surface area contributed by atoms with E-state index in [2.05, 4.69) is 40.5 Å². The highest BCUT2D eigenvalue weighted by Gasteiger charge is 2.38. The number of Topliss-reactive ketones (excluding diaryl/α,β-unsaturated/α-hetero) is 1. The number of ketones is 1. The molecule has 0 aromatic heterocycles. The maximum absolute atomic E-state index is 12.5. The second kappa shape index (κ2) is 8.37. The number of ether oxygens (including phenoxy) is 1. The van der Waals surface area contributed by atoms with Crippen molar-refractivity contribution in [3.8, 4) is 5.75 Å². The van der Waals surface area contributed by atoms with Crippen molar-refractivity contribution in [3.63, 3.8) is 0 Å². The Morgan fingerprint density at radius 3 is 2.50 bits per heavy atom. The van der Waals surface area contributed by atoms with E-state index in [0.717, 1.165) is 50.3 Å². The van der Waals surface area contributed by atoms with Crippen LogP contribution in [0.2, 0.25) is 0 Å². The minimum Gasteiger partial charge on any atom is -0.497 e. The summed E-state index contributed by atoms with van der Waals surface area (Å²) in [5.74, 6) is 1.01.